The van der Waals surface area contributed by atoms with Crippen molar-refractivity contribution in [1.82, 2.24) is 10.6 Å². The van der Waals surface area contributed by atoms with Crippen molar-refractivity contribution in [3.05, 3.63) is 29.8 Å². The Bertz CT molecular complexity index is 677. The Labute approximate surface area is 195 Å². The molecule has 2 aliphatic heterocycles. The highest BCUT2D eigenvalue weighted by Crippen LogP contribution is 2.16. The van der Waals surface area contributed by atoms with E-state index in [2.05, 4.69) is 20.9 Å². The molecule has 3 N–H and O–H groups in total. The number of carbonyl (C=O) groups is 1. The molecule has 0 radical (unpaired) electrons. The zero-order valence-corrected chi connectivity index (χ0v) is 19.9. The predicted molar refractivity (Wildman–Crippen MR) is 127 cm³/mol. The maximum Gasteiger partial charge on any atom is 0.253 e. The second-order valence-corrected chi connectivity index (χ2v) is 7.25. The Morgan fingerprint density at radius 2 is 2.17 bits per heavy atom. The van der Waals surface area contributed by atoms with Gasteiger partial charge < -0.3 is 30.2 Å². The van der Waals surface area contributed by atoms with Crippen LogP contribution in [-0.2, 0) is 25.5 Å². The van der Waals surface area contributed by atoms with Gasteiger partial charge in [-0.15, -0.1) is 24.0 Å². The van der Waals surface area contributed by atoms with Crippen LogP contribution in [0, 0.1) is 0 Å². The van der Waals surface area contributed by atoms with E-state index in [4.69, 9.17) is 14.2 Å². The number of ether oxygens (including phenoxy) is 3. The molecule has 2 unspecified atom stereocenters. The van der Waals surface area contributed by atoms with Gasteiger partial charge in [0.1, 0.15) is 6.10 Å². The fourth-order valence-corrected chi connectivity index (χ4v) is 3.35. The van der Waals surface area contributed by atoms with Crippen molar-refractivity contribution < 1.29 is 19.0 Å². The lowest BCUT2D eigenvalue weighted by Crippen LogP contribution is -2.37. The number of nitrogens with zero attached hydrogens (tertiary/aromatic N) is 1. The molecule has 2 heterocycles. The summed E-state index contributed by atoms with van der Waals surface area (Å²) < 4.78 is 16.5. The summed E-state index contributed by atoms with van der Waals surface area (Å²) in [4.78, 5) is 16.4. The van der Waals surface area contributed by atoms with Crippen molar-refractivity contribution in [1.29, 1.82) is 0 Å². The number of hydrogen-bond acceptors (Lipinski definition) is 5. The number of anilines is 1. The van der Waals surface area contributed by atoms with Crippen molar-refractivity contribution >= 4 is 41.5 Å². The van der Waals surface area contributed by atoms with Gasteiger partial charge in [-0.1, -0.05) is 12.1 Å². The summed E-state index contributed by atoms with van der Waals surface area (Å²) in [5.74, 6) is 0.666. The molecule has 168 valence electrons. The molecular weight excluding hydrogens is 499 g/mol. The molecule has 1 aromatic carbocycles. The van der Waals surface area contributed by atoms with Gasteiger partial charge in [0.25, 0.3) is 5.91 Å². The first kappa shape index (κ1) is 24.8. The van der Waals surface area contributed by atoms with Crippen LogP contribution in [0.25, 0.3) is 0 Å². The van der Waals surface area contributed by atoms with E-state index in [1.807, 2.05) is 24.3 Å². The number of hydrogen-bond donors (Lipinski definition) is 3. The summed E-state index contributed by atoms with van der Waals surface area (Å²) in [6.45, 7) is 4.28. The van der Waals surface area contributed by atoms with Gasteiger partial charge in [-0.25, -0.2) is 0 Å². The van der Waals surface area contributed by atoms with E-state index >= 15 is 0 Å². The van der Waals surface area contributed by atoms with E-state index in [1.54, 1.807) is 7.05 Å². The van der Waals surface area contributed by atoms with Crippen LogP contribution in [0.3, 0.4) is 0 Å². The zero-order valence-electron chi connectivity index (χ0n) is 17.5. The number of carbonyl (C=O) groups excluding carboxylic acids is 1. The van der Waals surface area contributed by atoms with Gasteiger partial charge in [-0.3, -0.25) is 9.79 Å². The van der Waals surface area contributed by atoms with Crippen molar-refractivity contribution in [2.24, 2.45) is 4.99 Å². The lowest BCUT2D eigenvalue weighted by Gasteiger charge is -2.14. The molecule has 0 spiro atoms. The fourth-order valence-electron chi connectivity index (χ4n) is 3.35. The van der Waals surface area contributed by atoms with E-state index in [0.29, 0.717) is 26.4 Å². The van der Waals surface area contributed by atoms with Crippen LogP contribution in [0.15, 0.2) is 29.3 Å². The average molecular weight is 532 g/mol. The largest absolute Gasteiger partial charge is 0.379 e. The number of benzene rings is 1. The fraction of sp³-hybridized carbons (Fsp3) is 0.619. The quantitative estimate of drug-likeness (QED) is 0.196. The molecule has 0 aromatic heterocycles. The highest BCUT2D eigenvalue weighted by Gasteiger charge is 2.23. The Morgan fingerprint density at radius 3 is 2.90 bits per heavy atom. The van der Waals surface area contributed by atoms with Crippen molar-refractivity contribution in [3.8, 4) is 0 Å². The third-order valence-electron chi connectivity index (χ3n) is 4.96. The second-order valence-electron chi connectivity index (χ2n) is 7.25. The maximum atomic E-state index is 12.2. The summed E-state index contributed by atoms with van der Waals surface area (Å²) in [7, 11) is 1.75. The molecule has 9 heteroatoms. The van der Waals surface area contributed by atoms with Gasteiger partial charge in [-0.2, -0.15) is 0 Å². The standard InChI is InChI=1S/C21H32N4O4.HI/c1-22-21(23-9-4-11-28-18-8-12-27-15-18)24-14-16-5-2-6-17(13-16)25-20(26)19-7-3-10-29-19;/h2,5-6,13,18-19H,3-4,7-12,14-15H2,1H3,(H,25,26)(H2,22,23,24);1H. The van der Waals surface area contributed by atoms with E-state index < -0.39 is 0 Å². The van der Waals surface area contributed by atoms with Crippen molar-refractivity contribution in [2.45, 2.75) is 44.4 Å². The third-order valence-corrected chi connectivity index (χ3v) is 4.96. The monoisotopic (exact) mass is 532 g/mol. The van der Waals surface area contributed by atoms with Crippen molar-refractivity contribution in [3.63, 3.8) is 0 Å². The Kier molecular flexibility index (Phi) is 11.4. The molecule has 2 saturated heterocycles. The van der Waals surface area contributed by atoms with Crippen LogP contribution in [-0.4, -0.2) is 64.1 Å². The molecule has 1 aromatic rings. The molecule has 0 bridgehead atoms. The van der Waals surface area contributed by atoms with E-state index in [-0.39, 0.29) is 42.1 Å². The van der Waals surface area contributed by atoms with Crippen LogP contribution >= 0.6 is 24.0 Å². The molecule has 2 aliphatic rings. The zero-order chi connectivity index (χ0) is 20.3. The van der Waals surface area contributed by atoms with E-state index in [9.17, 15) is 4.79 Å². The van der Waals surface area contributed by atoms with Crippen LogP contribution in [0.1, 0.15) is 31.2 Å². The Balaban J connectivity index is 0.00000320. The number of nitrogens with one attached hydrogen (secondary N) is 3. The Hall–Kier alpha value is -1.43. The minimum absolute atomic E-state index is 0. The second kappa shape index (κ2) is 13.8. The summed E-state index contributed by atoms with van der Waals surface area (Å²) >= 11 is 0. The highest BCUT2D eigenvalue weighted by molar-refractivity contribution is 14.0. The number of aliphatic imine (C=N–C) groups is 1. The van der Waals surface area contributed by atoms with Crippen LogP contribution < -0.4 is 16.0 Å². The molecule has 30 heavy (non-hydrogen) atoms. The summed E-state index contributed by atoms with van der Waals surface area (Å²) in [6.07, 6.45) is 3.54. The lowest BCUT2D eigenvalue weighted by molar-refractivity contribution is -0.124. The maximum absolute atomic E-state index is 12.2. The molecule has 3 rings (SSSR count). The summed E-state index contributed by atoms with van der Waals surface area (Å²) in [5, 5.41) is 9.52. The van der Waals surface area contributed by atoms with Crippen LogP contribution in [0.4, 0.5) is 5.69 Å². The van der Waals surface area contributed by atoms with E-state index in [1.165, 1.54) is 0 Å². The lowest BCUT2D eigenvalue weighted by atomic mass is 10.2. The van der Waals surface area contributed by atoms with Crippen LogP contribution in [0.2, 0.25) is 0 Å². The number of rotatable bonds is 9. The van der Waals surface area contributed by atoms with Gasteiger partial charge >= 0.3 is 0 Å². The number of amides is 1. The first-order valence-electron chi connectivity index (χ1n) is 10.4. The van der Waals surface area contributed by atoms with Crippen LogP contribution in [0.5, 0.6) is 0 Å². The smallest absolute Gasteiger partial charge is 0.253 e. The van der Waals surface area contributed by atoms with Gasteiger partial charge in [0.2, 0.25) is 0 Å². The molecule has 0 aliphatic carbocycles. The summed E-state index contributed by atoms with van der Waals surface area (Å²) in [6, 6.07) is 7.80. The molecular formula is C21H33IN4O4. The first-order chi connectivity index (χ1) is 14.2. The Morgan fingerprint density at radius 1 is 1.27 bits per heavy atom. The van der Waals surface area contributed by atoms with Gasteiger partial charge in [0, 0.05) is 45.6 Å². The van der Waals surface area contributed by atoms with Gasteiger partial charge in [-0.05, 0) is 43.4 Å². The van der Waals surface area contributed by atoms with Gasteiger partial charge in [0.15, 0.2) is 5.96 Å². The topological polar surface area (TPSA) is 93.2 Å². The number of halogens is 1. The number of guanidine groups is 1. The van der Waals surface area contributed by atoms with Gasteiger partial charge in [0.05, 0.1) is 12.7 Å². The van der Waals surface area contributed by atoms with E-state index in [0.717, 1.165) is 56.0 Å². The predicted octanol–water partition coefficient (Wildman–Crippen LogP) is 2.28. The third kappa shape index (κ3) is 8.37. The molecule has 1 amide bonds. The van der Waals surface area contributed by atoms with Crippen molar-refractivity contribution in [2.75, 3.05) is 45.3 Å². The highest BCUT2D eigenvalue weighted by atomic mass is 127. The minimum atomic E-state index is -0.329. The molecule has 0 saturated carbocycles. The molecule has 8 nitrogen and oxygen atoms in total. The summed E-state index contributed by atoms with van der Waals surface area (Å²) in [5.41, 5.74) is 1.84. The molecule has 2 atom stereocenters. The average Bonchev–Trinajstić information content (AvgIpc) is 3.44. The first-order valence-corrected chi connectivity index (χ1v) is 10.4. The molecule has 2 fully saturated rings. The minimum Gasteiger partial charge on any atom is -0.379 e. The normalized spacial score (nSPS) is 21.2. The SMILES string of the molecule is CN=C(NCCCOC1CCOC1)NCc1cccc(NC(=O)C2CCCO2)c1.I.